The molecule has 1 aromatic rings. The van der Waals surface area contributed by atoms with Crippen LogP contribution in [0.4, 0.5) is 0 Å². The van der Waals surface area contributed by atoms with Gasteiger partial charge in [0.25, 0.3) is 10.0 Å². The molecule has 0 spiro atoms. The Hall–Kier alpha value is -0.920. The largest absolute Gasteiger partial charge is 0.332 e. The van der Waals surface area contributed by atoms with Gasteiger partial charge >= 0.3 is 0 Å². The summed E-state index contributed by atoms with van der Waals surface area (Å²) < 4.78 is 26.5. The summed E-state index contributed by atoms with van der Waals surface area (Å²) in [5, 5.41) is 0.120. The van der Waals surface area contributed by atoms with E-state index in [1.165, 1.54) is 10.5 Å². The van der Waals surface area contributed by atoms with Crippen molar-refractivity contribution in [3.05, 3.63) is 12.0 Å². The quantitative estimate of drug-likeness (QED) is 0.804. The van der Waals surface area contributed by atoms with E-state index < -0.39 is 15.6 Å². The minimum absolute atomic E-state index is 0.120. The van der Waals surface area contributed by atoms with Gasteiger partial charge in [-0.3, -0.25) is 0 Å². The average Bonchev–Trinajstić information content (AvgIpc) is 2.76. The van der Waals surface area contributed by atoms with Crippen molar-refractivity contribution in [1.82, 2.24) is 14.3 Å². The van der Waals surface area contributed by atoms with E-state index in [9.17, 15) is 8.42 Å². The maximum Gasteiger partial charge on any atom is 0.260 e. The molecule has 1 atom stereocenters. The highest BCUT2D eigenvalue weighted by molar-refractivity contribution is 7.89. The van der Waals surface area contributed by atoms with Gasteiger partial charge in [0.05, 0.1) is 6.20 Å². The molecule has 0 radical (unpaired) electrons. The maximum absolute atomic E-state index is 12.5. The van der Waals surface area contributed by atoms with E-state index in [4.69, 9.17) is 5.73 Å². The van der Waals surface area contributed by atoms with Crippen LogP contribution in [0.15, 0.2) is 11.2 Å². The second kappa shape index (κ2) is 5.38. The lowest BCUT2D eigenvalue weighted by molar-refractivity contribution is 0.213. The van der Waals surface area contributed by atoms with Gasteiger partial charge in [-0.05, 0) is 20.3 Å². The first-order valence-electron chi connectivity index (χ1n) is 6.06. The van der Waals surface area contributed by atoms with Crippen molar-refractivity contribution in [3.63, 3.8) is 0 Å². The van der Waals surface area contributed by atoms with Crippen molar-refractivity contribution in [2.75, 3.05) is 13.1 Å². The Morgan fingerprint density at radius 1 is 1.50 bits per heavy atom. The SMILES string of the molecule is CCN(C(C)(CC)CN)S(=O)(=O)c1cnc(C)[nH]1. The van der Waals surface area contributed by atoms with Crippen LogP contribution < -0.4 is 5.73 Å². The van der Waals surface area contributed by atoms with Crippen LogP contribution in [0.1, 0.15) is 33.0 Å². The van der Waals surface area contributed by atoms with Gasteiger partial charge in [-0.1, -0.05) is 13.8 Å². The molecule has 0 amide bonds. The van der Waals surface area contributed by atoms with Gasteiger partial charge in [-0.25, -0.2) is 13.4 Å². The monoisotopic (exact) mass is 274 g/mol. The maximum atomic E-state index is 12.5. The van der Waals surface area contributed by atoms with Crippen LogP contribution >= 0.6 is 0 Å². The zero-order valence-corrected chi connectivity index (χ0v) is 12.2. The number of hydrogen-bond donors (Lipinski definition) is 2. The number of nitrogens with two attached hydrogens (primary N) is 1. The van der Waals surface area contributed by atoms with Gasteiger partial charge in [-0.2, -0.15) is 4.31 Å². The molecule has 0 saturated carbocycles. The molecule has 0 saturated heterocycles. The van der Waals surface area contributed by atoms with E-state index in [1.807, 2.05) is 20.8 Å². The lowest BCUT2D eigenvalue weighted by Crippen LogP contribution is -2.53. The van der Waals surface area contributed by atoms with Gasteiger partial charge in [-0.15, -0.1) is 0 Å². The van der Waals surface area contributed by atoms with E-state index in [0.29, 0.717) is 18.8 Å². The van der Waals surface area contributed by atoms with Crippen molar-refractivity contribution < 1.29 is 8.42 Å². The van der Waals surface area contributed by atoms with Crippen LogP contribution in [0.5, 0.6) is 0 Å². The molecule has 3 N–H and O–H groups in total. The molecule has 6 nitrogen and oxygen atoms in total. The molecule has 104 valence electrons. The summed E-state index contributed by atoms with van der Waals surface area (Å²) in [6.07, 6.45) is 2.00. The fourth-order valence-electron chi connectivity index (χ4n) is 1.91. The standard InChI is InChI=1S/C11H22N4O2S/c1-5-11(4,8-12)15(6-2)18(16,17)10-7-13-9(3)14-10/h7H,5-6,8,12H2,1-4H3,(H,13,14). The predicted molar refractivity (Wildman–Crippen MR) is 70.6 cm³/mol. The highest BCUT2D eigenvalue weighted by Crippen LogP contribution is 2.25. The summed E-state index contributed by atoms with van der Waals surface area (Å²) in [6, 6.07) is 0. The first-order valence-corrected chi connectivity index (χ1v) is 7.50. The first-order chi connectivity index (χ1) is 8.31. The summed E-state index contributed by atoms with van der Waals surface area (Å²) in [5.41, 5.74) is 5.17. The zero-order valence-electron chi connectivity index (χ0n) is 11.4. The number of rotatable bonds is 6. The molecule has 1 unspecified atom stereocenters. The fraction of sp³-hybridized carbons (Fsp3) is 0.727. The topological polar surface area (TPSA) is 92.1 Å². The van der Waals surface area contributed by atoms with Gasteiger partial charge in [0, 0.05) is 18.6 Å². The predicted octanol–water partition coefficient (Wildman–Crippen LogP) is 0.856. The summed E-state index contributed by atoms with van der Waals surface area (Å²) in [7, 11) is -3.58. The molecule has 1 heterocycles. The Balaban J connectivity index is 3.24. The molecule has 0 aliphatic rings. The average molecular weight is 274 g/mol. The number of likely N-dealkylation sites (N-methyl/N-ethyl adjacent to an activating group) is 1. The molecule has 1 rings (SSSR count). The number of nitrogens with zero attached hydrogens (tertiary/aromatic N) is 2. The number of H-pyrrole nitrogens is 1. The molecule has 18 heavy (non-hydrogen) atoms. The van der Waals surface area contributed by atoms with Crippen LogP contribution in [-0.2, 0) is 10.0 Å². The van der Waals surface area contributed by atoms with Gasteiger partial charge in [0.15, 0.2) is 5.03 Å². The second-order valence-corrected chi connectivity index (χ2v) is 6.39. The Labute approximate surface area is 109 Å². The summed E-state index contributed by atoms with van der Waals surface area (Å²) >= 11 is 0. The lowest BCUT2D eigenvalue weighted by atomic mass is 9.99. The van der Waals surface area contributed by atoms with Crippen LogP contribution in [0.2, 0.25) is 0 Å². The third kappa shape index (κ3) is 2.57. The number of aryl methyl sites for hydroxylation is 1. The minimum atomic E-state index is -3.58. The summed E-state index contributed by atoms with van der Waals surface area (Å²) in [4.78, 5) is 6.71. The Morgan fingerprint density at radius 2 is 2.11 bits per heavy atom. The third-order valence-electron chi connectivity index (χ3n) is 3.34. The Bertz CT molecular complexity index is 491. The van der Waals surface area contributed by atoms with Crippen molar-refractivity contribution in [3.8, 4) is 0 Å². The van der Waals surface area contributed by atoms with E-state index in [2.05, 4.69) is 9.97 Å². The molecule has 0 aliphatic heterocycles. The molecule has 1 aromatic heterocycles. The van der Waals surface area contributed by atoms with Gasteiger partial charge in [0.1, 0.15) is 5.82 Å². The third-order valence-corrected chi connectivity index (χ3v) is 5.38. The molecule has 0 fully saturated rings. The van der Waals surface area contributed by atoms with E-state index in [0.717, 1.165) is 0 Å². The normalized spacial score (nSPS) is 15.9. The van der Waals surface area contributed by atoms with Crippen LogP contribution in [0.25, 0.3) is 0 Å². The highest BCUT2D eigenvalue weighted by atomic mass is 32.2. The number of aromatic amines is 1. The molecule has 0 aromatic carbocycles. The van der Waals surface area contributed by atoms with Crippen LogP contribution in [0.3, 0.4) is 0 Å². The van der Waals surface area contributed by atoms with Crippen molar-refractivity contribution in [2.45, 2.75) is 44.7 Å². The Kier molecular flexibility index (Phi) is 4.52. The van der Waals surface area contributed by atoms with Crippen molar-refractivity contribution in [2.24, 2.45) is 5.73 Å². The zero-order chi connectivity index (χ0) is 14.0. The second-order valence-electron chi connectivity index (χ2n) is 4.56. The van der Waals surface area contributed by atoms with Crippen molar-refractivity contribution >= 4 is 10.0 Å². The van der Waals surface area contributed by atoms with E-state index in [1.54, 1.807) is 6.92 Å². The number of sulfonamides is 1. The number of hydrogen-bond acceptors (Lipinski definition) is 4. The fourth-order valence-corrected chi connectivity index (χ4v) is 3.74. The smallest absolute Gasteiger partial charge is 0.260 e. The van der Waals surface area contributed by atoms with E-state index in [-0.39, 0.29) is 11.6 Å². The molecule has 0 bridgehead atoms. The number of aromatic nitrogens is 2. The summed E-state index contributed by atoms with van der Waals surface area (Å²) in [6.45, 7) is 7.98. The molecular weight excluding hydrogens is 252 g/mol. The van der Waals surface area contributed by atoms with Crippen molar-refractivity contribution in [1.29, 1.82) is 0 Å². The number of imidazole rings is 1. The minimum Gasteiger partial charge on any atom is -0.332 e. The van der Waals surface area contributed by atoms with Gasteiger partial charge in [0.2, 0.25) is 0 Å². The number of nitrogens with one attached hydrogen (secondary N) is 1. The highest BCUT2D eigenvalue weighted by Gasteiger charge is 2.38. The molecule has 0 aliphatic carbocycles. The first kappa shape index (κ1) is 15.1. The summed E-state index contributed by atoms with van der Waals surface area (Å²) in [5.74, 6) is 0.579. The van der Waals surface area contributed by atoms with Crippen LogP contribution in [0, 0.1) is 6.92 Å². The van der Waals surface area contributed by atoms with E-state index >= 15 is 0 Å². The lowest BCUT2D eigenvalue weighted by Gasteiger charge is -2.37. The molecular formula is C11H22N4O2S. The molecule has 7 heteroatoms. The van der Waals surface area contributed by atoms with Crippen LogP contribution in [-0.4, -0.2) is 41.3 Å². The Morgan fingerprint density at radius 3 is 2.44 bits per heavy atom. The van der Waals surface area contributed by atoms with Gasteiger partial charge < -0.3 is 10.7 Å².